The quantitative estimate of drug-likeness (QED) is 0.432. The van der Waals surface area contributed by atoms with Crippen LogP contribution in [-0.2, 0) is 6.42 Å². The highest BCUT2D eigenvalue weighted by Crippen LogP contribution is 2.14. The number of hydrogen-bond donors (Lipinski definition) is 2. The Labute approximate surface area is 102 Å². The Kier molecular flexibility index (Phi) is 6.98. The van der Waals surface area contributed by atoms with E-state index in [0.29, 0.717) is 0 Å². The van der Waals surface area contributed by atoms with Crippen LogP contribution in [0, 0.1) is 0 Å². The van der Waals surface area contributed by atoms with Crippen molar-refractivity contribution in [2.24, 2.45) is 0 Å². The van der Waals surface area contributed by atoms with Crippen LogP contribution in [0.3, 0.4) is 0 Å². The maximum absolute atomic E-state index is 4.17. The zero-order valence-corrected chi connectivity index (χ0v) is 10.9. The summed E-state index contributed by atoms with van der Waals surface area (Å²) in [6, 6.07) is 8.81. The fourth-order valence-electron chi connectivity index (χ4n) is 1.35. The second-order valence-electron chi connectivity index (χ2n) is 3.43. The minimum atomic E-state index is 0.968. The maximum atomic E-state index is 4.17. The van der Waals surface area contributed by atoms with E-state index in [0.717, 1.165) is 31.7 Å². The average molecular weight is 241 g/mol. The van der Waals surface area contributed by atoms with E-state index >= 15 is 0 Å². The van der Waals surface area contributed by atoms with E-state index < -0.39 is 0 Å². The van der Waals surface area contributed by atoms with Crippen LogP contribution in [0.1, 0.15) is 12.0 Å². The normalized spacial score (nSPS) is 10.5. The summed E-state index contributed by atoms with van der Waals surface area (Å²) in [6.07, 6.45) is 4.36. The molecule has 0 amide bonds. The van der Waals surface area contributed by atoms with E-state index in [1.807, 2.05) is 0 Å². The molecule has 3 heteroatoms. The minimum Gasteiger partial charge on any atom is -0.316 e. The highest BCUT2D eigenvalue weighted by atomic mass is 32.2. The zero-order valence-electron chi connectivity index (χ0n) is 9.20. The predicted molar refractivity (Wildman–Crippen MR) is 73.3 cm³/mol. The molecule has 0 aliphatic carbocycles. The van der Waals surface area contributed by atoms with Gasteiger partial charge in [0.1, 0.15) is 0 Å². The van der Waals surface area contributed by atoms with Gasteiger partial charge in [0, 0.05) is 4.90 Å². The van der Waals surface area contributed by atoms with Gasteiger partial charge in [-0.25, -0.2) is 0 Å². The first kappa shape index (κ1) is 12.9. The lowest BCUT2D eigenvalue weighted by molar-refractivity contribution is 0.675. The molecule has 0 atom stereocenters. The topological polar surface area (TPSA) is 12.0 Å². The Morgan fingerprint density at radius 3 is 2.53 bits per heavy atom. The average Bonchev–Trinajstić information content (AvgIpc) is 2.30. The van der Waals surface area contributed by atoms with Gasteiger partial charge in [-0.15, -0.1) is 11.8 Å². The van der Waals surface area contributed by atoms with Gasteiger partial charge in [-0.1, -0.05) is 12.1 Å². The molecule has 0 bridgehead atoms. The number of rotatable bonds is 7. The Hall–Kier alpha value is -0.120. The first-order valence-corrected chi connectivity index (χ1v) is 7.17. The fourth-order valence-corrected chi connectivity index (χ4v) is 1.92. The molecule has 1 N–H and O–H groups in total. The fraction of sp³-hybridized carbons (Fsp3) is 0.500. The van der Waals surface area contributed by atoms with Crippen molar-refractivity contribution in [1.29, 1.82) is 0 Å². The molecule has 0 unspecified atom stereocenters. The lowest BCUT2D eigenvalue weighted by Gasteiger charge is -2.04. The minimum absolute atomic E-state index is 0.968. The Morgan fingerprint density at radius 2 is 1.93 bits per heavy atom. The predicted octanol–water partition coefficient (Wildman–Crippen LogP) is 2.86. The number of hydrogen-bond acceptors (Lipinski definition) is 3. The third-order valence-corrected chi connectivity index (χ3v) is 3.32. The maximum Gasteiger partial charge on any atom is 0.00693 e. The van der Waals surface area contributed by atoms with Crippen molar-refractivity contribution in [3.8, 4) is 0 Å². The van der Waals surface area contributed by atoms with Gasteiger partial charge in [0.2, 0.25) is 0 Å². The highest BCUT2D eigenvalue weighted by Gasteiger charge is 1.93. The van der Waals surface area contributed by atoms with Crippen LogP contribution in [0.5, 0.6) is 0 Å². The largest absolute Gasteiger partial charge is 0.316 e. The summed E-state index contributed by atoms with van der Waals surface area (Å²) in [5.74, 6) is 0.968. The van der Waals surface area contributed by atoms with Crippen LogP contribution in [-0.4, -0.2) is 25.1 Å². The summed E-state index contributed by atoms with van der Waals surface area (Å²) in [4.78, 5) is 1.33. The molecule has 1 aromatic rings. The Balaban J connectivity index is 2.20. The summed E-state index contributed by atoms with van der Waals surface area (Å²) in [7, 11) is 0. The van der Waals surface area contributed by atoms with Gasteiger partial charge < -0.3 is 5.32 Å². The van der Waals surface area contributed by atoms with Crippen LogP contribution < -0.4 is 5.32 Å². The molecule has 15 heavy (non-hydrogen) atoms. The van der Waals surface area contributed by atoms with Crippen LogP contribution >= 0.6 is 24.4 Å². The van der Waals surface area contributed by atoms with Gasteiger partial charge in [0.05, 0.1) is 0 Å². The van der Waals surface area contributed by atoms with Crippen molar-refractivity contribution >= 4 is 24.4 Å². The molecule has 0 aliphatic rings. The molecule has 0 heterocycles. The van der Waals surface area contributed by atoms with Crippen molar-refractivity contribution in [1.82, 2.24) is 5.32 Å². The third-order valence-electron chi connectivity index (χ3n) is 2.26. The molecular formula is C12H19NS2. The molecule has 84 valence electrons. The number of thioether (sulfide) groups is 1. The van der Waals surface area contributed by atoms with Crippen LogP contribution in [0.4, 0.5) is 0 Å². The van der Waals surface area contributed by atoms with Crippen molar-refractivity contribution in [3.05, 3.63) is 29.8 Å². The van der Waals surface area contributed by atoms with Gasteiger partial charge in [-0.3, -0.25) is 0 Å². The second-order valence-corrected chi connectivity index (χ2v) is 4.75. The van der Waals surface area contributed by atoms with Crippen molar-refractivity contribution < 1.29 is 0 Å². The van der Waals surface area contributed by atoms with E-state index in [2.05, 4.69) is 48.5 Å². The Morgan fingerprint density at radius 1 is 1.20 bits per heavy atom. The Bertz CT molecular complexity index is 259. The molecule has 0 spiro atoms. The molecule has 0 aliphatic heterocycles. The van der Waals surface area contributed by atoms with E-state index in [1.54, 1.807) is 11.8 Å². The van der Waals surface area contributed by atoms with E-state index in [9.17, 15) is 0 Å². The van der Waals surface area contributed by atoms with Gasteiger partial charge in [-0.2, -0.15) is 12.6 Å². The second kappa shape index (κ2) is 8.08. The number of benzene rings is 1. The lowest BCUT2D eigenvalue weighted by Crippen LogP contribution is -2.18. The van der Waals surface area contributed by atoms with E-state index in [1.165, 1.54) is 10.5 Å². The standard InChI is InChI=1S/C12H19NS2/c1-15-12-5-3-11(4-6-12)7-9-13-8-2-10-14/h3-6,13-14H,2,7-10H2,1H3. The van der Waals surface area contributed by atoms with E-state index in [4.69, 9.17) is 0 Å². The monoisotopic (exact) mass is 241 g/mol. The van der Waals surface area contributed by atoms with Crippen molar-refractivity contribution in [2.45, 2.75) is 17.7 Å². The third kappa shape index (κ3) is 5.50. The summed E-state index contributed by atoms with van der Waals surface area (Å²) >= 11 is 5.96. The van der Waals surface area contributed by atoms with E-state index in [-0.39, 0.29) is 0 Å². The smallest absolute Gasteiger partial charge is 0.00693 e. The summed E-state index contributed by atoms with van der Waals surface area (Å²) in [5.41, 5.74) is 1.41. The van der Waals surface area contributed by atoms with Crippen molar-refractivity contribution in [2.75, 3.05) is 25.1 Å². The molecule has 0 aromatic heterocycles. The SMILES string of the molecule is CSc1ccc(CCNCCCS)cc1. The first-order chi connectivity index (χ1) is 7.36. The highest BCUT2D eigenvalue weighted by molar-refractivity contribution is 7.98. The summed E-state index contributed by atoms with van der Waals surface area (Å²) in [5, 5.41) is 3.41. The van der Waals surface area contributed by atoms with Gasteiger partial charge in [0.15, 0.2) is 0 Å². The van der Waals surface area contributed by atoms with Gasteiger partial charge >= 0.3 is 0 Å². The lowest BCUT2D eigenvalue weighted by atomic mass is 10.1. The number of nitrogens with one attached hydrogen (secondary N) is 1. The zero-order chi connectivity index (χ0) is 10.9. The summed E-state index contributed by atoms with van der Waals surface area (Å²) in [6.45, 7) is 2.14. The summed E-state index contributed by atoms with van der Waals surface area (Å²) < 4.78 is 0. The molecule has 1 aromatic carbocycles. The van der Waals surface area contributed by atoms with Gasteiger partial charge in [0.25, 0.3) is 0 Å². The van der Waals surface area contributed by atoms with Crippen LogP contribution in [0.15, 0.2) is 29.2 Å². The molecular weight excluding hydrogens is 222 g/mol. The van der Waals surface area contributed by atoms with Crippen LogP contribution in [0.25, 0.3) is 0 Å². The van der Waals surface area contributed by atoms with Gasteiger partial charge in [-0.05, 0) is 55.6 Å². The number of thiol groups is 1. The molecule has 0 saturated carbocycles. The van der Waals surface area contributed by atoms with Crippen molar-refractivity contribution in [3.63, 3.8) is 0 Å². The molecule has 0 saturated heterocycles. The van der Waals surface area contributed by atoms with Crippen LogP contribution in [0.2, 0.25) is 0 Å². The molecule has 1 rings (SSSR count). The molecule has 1 nitrogen and oxygen atoms in total. The molecule has 0 fully saturated rings. The first-order valence-electron chi connectivity index (χ1n) is 5.31. The molecule has 0 radical (unpaired) electrons.